The Hall–Kier alpha value is -4.57. The van der Waals surface area contributed by atoms with E-state index >= 15 is 0 Å². The van der Waals surface area contributed by atoms with E-state index in [4.69, 9.17) is 9.97 Å². The number of benzene rings is 3. The predicted molar refractivity (Wildman–Crippen MR) is 140 cm³/mol. The summed E-state index contributed by atoms with van der Waals surface area (Å²) in [6.45, 7) is 0. The summed E-state index contributed by atoms with van der Waals surface area (Å²) in [5, 5.41) is 2.13. The Balaban J connectivity index is 1.45. The van der Waals surface area contributed by atoms with E-state index in [0.717, 1.165) is 45.8 Å². The van der Waals surface area contributed by atoms with E-state index in [1.54, 1.807) is 0 Å². The smallest absolute Gasteiger partial charge is 0.146 e. The molecule has 0 radical (unpaired) electrons. The standard InChI is InChI=1S/C31H18N4/c1-2-5-20-17(4-1)14-18-7-8-19-15-23-21(28(19)27(18)20)9-10-25-30(23)35-26-6-3-12-33-29(26)24-16-32-13-11-22(24)31(35)34-25/h1-13,16H,14-15H2. The van der Waals surface area contributed by atoms with Crippen LogP contribution >= 0.6 is 0 Å². The molecule has 35 heavy (non-hydrogen) atoms. The van der Waals surface area contributed by atoms with E-state index in [9.17, 15) is 0 Å². The van der Waals surface area contributed by atoms with Crippen LogP contribution in [0.5, 0.6) is 0 Å². The number of hydrogen-bond donors (Lipinski definition) is 0. The molecule has 0 saturated heterocycles. The number of nitrogens with zero attached hydrogens (tertiary/aromatic N) is 4. The molecule has 0 aliphatic heterocycles. The molecule has 0 bridgehead atoms. The van der Waals surface area contributed by atoms with Crippen LogP contribution in [0.25, 0.3) is 60.7 Å². The lowest BCUT2D eigenvalue weighted by Crippen LogP contribution is -1.95. The first-order chi connectivity index (χ1) is 17.4. The number of rotatable bonds is 0. The van der Waals surface area contributed by atoms with Crippen molar-refractivity contribution in [3.8, 4) is 22.3 Å². The molecule has 4 nitrogen and oxygen atoms in total. The van der Waals surface area contributed by atoms with Gasteiger partial charge >= 0.3 is 0 Å². The van der Waals surface area contributed by atoms with E-state index in [1.807, 2.05) is 24.7 Å². The van der Waals surface area contributed by atoms with Gasteiger partial charge in [-0.3, -0.25) is 14.4 Å². The van der Waals surface area contributed by atoms with Crippen LogP contribution in [0.1, 0.15) is 22.3 Å². The third-order valence-corrected chi connectivity index (χ3v) is 7.95. The minimum atomic E-state index is 0.918. The van der Waals surface area contributed by atoms with Gasteiger partial charge in [-0.2, -0.15) is 0 Å². The van der Waals surface area contributed by atoms with Gasteiger partial charge in [-0.15, -0.1) is 0 Å². The highest BCUT2D eigenvalue weighted by atomic mass is 15.0. The summed E-state index contributed by atoms with van der Waals surface area (Å²) >= 11 is 0. The molecule has 4 heteroatoms. The van der Waals surface area contributed by atoms with Crippen molar-refractivity contribution in [2.45, 2.75) is 12.8 Å². The Kier molecular flexibility index (Phi) is 3.11. The number of pyridine rings is 3. The summed E-state index contributed by atoms with van der Waals surface area (Å²) < 4.78 is 2.33. The lowest BCUT2D eigenvalue weighted by molar-refractivity contribution is 1.22. The monoisotopic (exact) mass is 446 g/mol. The van der Waals surface area contributed by atoms with Crippen molar-refractivity contribution >= 4 is 38.5 Å². The van der Waals surface area contributed by atoms with Crippen LogP contribution in [0.3, 0.4) is 0 Å². The molecule has 3 aromatic carbocycles. The number of hydrogen-bond acceptors (Lipinski definition) is 3. The Morgan fingerprint density at radius 1 is 0.686 bits per heavy atom. The van der Waals surface area contributed by atoms with Crippen LogP contribution in [-0.4, -0.2) is 19.4 Å². The average molecular weight is 447 g/mol. The Labute approximate surface area is 200 Å². The lowest BCUT2D eigenvalue weighted by Gasteiger charge is -2.11. The number of aromatic nitrogens is 4. The lowest BCUT2D eigenvalue weighted by atomic mass is 9.94. The molecule has 0 saturated carbocycles. The molecule has 0 spiro atoms. The minimum absolute atomic E-state index is 0.918. The van der Waals surface area contributed by atoms with Gasteiger partial charge in [0.15, 0.2) is 0 Å². The molecule has 0 atom stereocenters. The van der Waals surface area contributed by atoms with Gasteiger partial charge < -0.3 is 0 Å². The zero-order valence-electron chi connectivity index (χ0n) is 18.8. The maximum Gasteiger partial charge on any atom is 0.146 e. The largest absolute Gasteiger partial charge is 0.290 e. The highest BCUT2D eigenvalue weighted by Gasteiger charge is 2.30. The normalized spacial score (nSPS) is 13.5. The molecular weight excluding hydrogens is 428 g/mol. The zero-order chi connectivity index (χ0) is 22.7. The van der Waals surface area contributed by atoms with Crippen molar-refractivity contribution in [3.63, 3.8) is 0 Å². The topological polar surface area (TPSA) is 43.1 Å². The quantitative estimate of drug-likeness (QED) is 0.243. The molecule has 162 valence electrons. The van der Waals surface area contributed by atoms with Crippen molar-refractivity contribution in [2.75, 3.05) is 0 Å². The summed E-state index contributed by atoms with van der Waals surface area (Å²) in [6.07, 6.45) is 7.55. The molecule has 2 aliphatic carbocycles. The van der Waals surface area contributed by atoms with E-state index in [0.29, 0.717) is 0 Å². The van der Waals surface area contributed by atoms with E-state index < -0.39 is 0 Å². The number of imidazole rings is 1. The zero-order valence-corrected chi connectivity index (χ0v) is 18.8. The van der Waals surface area contributed by atoms with Crippen molar-refractivity contribution < 1.29 is 0 Å². The summed E-state index contributed by atoms with van der Waals surface area (Å²) in [7, 11) is 0. The average Bonchev–Trinajstić information content (AvgIpc) is 3.59. The molecule has 0 N–H and O–H groups in total. The van der Waals surface area contributed by atoms with Gasteiger partial charge in [0.05, 0.1) is 22.1 Å². The third kappa shape index (κ3) is 2.11. The molecule has 7 aromatic rings. The predicted octanol–water partition coefficient (Wildman–Crippen LogP) is 6.73. The molecule has 2 aliphatic rings. The summed E-state index contributed by atoms with van der Waals surface area (Å²) in [6, 6.07) is 24.3. The molecule has 0 amide bonds. The van der Waals surface area contributed by atoms with Crippen molar-refractivity contribution in [2.24, 2.45) is 0 Å². The summed E-state index contributed by atoms with van der Waals surface area (Å²) in [4.78, 5) is 14.3. The highest BCUT2D eigenvalue weighted by molar-refractivity contribution is 6.13. The Bertz CT molecular complexity index is 2070. The second kappa shape index (κ2) is 6.10. The first-order valence-electron chi connectivity index (χ1n) is 12.0. The van der Waals surface area contributed by atoms with Crippen molar-refractivity contribution in [3.05, 3.63) is 108 Å². The van der Waals surface area contributed by atoms with Crippen LogP contribution < -0.4 is 0 Å². The molecule has 4 heterocycles. The molecular formula is C31H18N4. The highest BCUT2D eigenvalue weighted by Crippen LogP contribution is 2.50. The molecule has 0 unspecified atom stereocenters. The van der Waals surface area contributed by atoms with Crippen LogP contribution in [0, 0.1) is 0 Å². The Morgan fingerprint density at radius 2 is 1.57 bits per heavy atom. The van der Waals surface area contributed by atoms with Gasteiger partial charge in [0, 0.05) is 35.8 Å². The maximum atomic E-state index is 5.15. The molecule has 0 fully saturated rings. The van der Waals surface area contributed by atoms with Crippen LogP contribution in [-0.2, 0) is 12.8 Å². The van der Waals surface area contributed by atoms with Crippen LogP contribution in [0.2, 0.25) is 0 Å². The fourth-order valence-electron chi connectivity index (χ4n) is 6.54. The first kappa shape index (κ1) is 17.8. The second-order valence-electron chi connectivity index (χ2n) is 9.67. The molecule has 9 rings (SSSR count). The van der Waals surface area contributed by atoms with Gasteiger partial charge in [0.25, 0.3) is 0 Å². The van der Waals surface area contributed by atoms with Gasteiger partial charge in [0.1, 0.15) is 5.65 Å². The van der Waals surface area contributed by atoms with E-state index in [-0.39, 0.29) is 0 Å². The van der Waals surface area contributed by atoms with E-state index in [2.05, 4.69) is 70.0 Å². The minimum Gasteiger partial charge on any atom is -0.290 e. The fraction of sp³-hybridized carbons (Fsp3) is 0.0645. The fourth-order valence-corrected chi connectivity index (χ4v) is 6.54. The van der Waals surface area contributed by atoms with Gasteiger partial charge in [-0.05, 0) is 75.2 Å². The Morgan fingerprint density at radius 3 is 2.54 bits per heavy atom. The summed E-state index contributed by atoms with van der Waals surface area (Å²) in [5.41, 5.74) is 16.4. The first-order valence-corrected chi connectivity index (χ1v) is 12.0. The van der Waals surface area contributed by atoms with Crippen LogP contribution in [0.4, 0.5) is 0 Å². The third-order valence-electron chi connectivity index (χ3n) is 7.95. The second-order valence-corrected chi connectivity index (χ2v) is 9.67. The van der Waals surface area contributed by atoms with Crippen molar-refractivity contribution in [1.29, 1.82) is 0 Å². The number of fused-ring (bicyclic) bond motifs is 16. The van der Waals surface area contributed by atoms with Gasteiger partial charge in [0.2, 0.25) is 0 Å². The van der Waals surface area contributed by atoms with Crippen LogP contribution in [0.15, 0.2) is 85.3 Å². The van der Waals surface area contributed by atoms with E-state index in [1.165, 1.54) is 50.0 Å². The van der Waals surface area contributed by atoms with Gasteiger partial charge in [-0.1, -0.05) is 42.5 Å². The SMILES string of the molecule is c1ccc2c(c1)Cc1ccc3c(c1-2)-c1ccc2nc4c5ccncc5c5ncccc5n4c2c1C3. The maximum absolute atomic E-state index is 5.15. The van der Waals surface area contributed by atoms with Gasteiger partial charge in [-0.25, -0.2) is 4.98 Å². The summed E-state index contributed by atoms with van der Waals surface area (Å²) in [5.74, 6) is 0. The molecule has 4 aromatic heterocycles. The van der Waals surface area contributed by atoms with Crippen molar-refractivity contribution in [1.82, 2.24) is 19.4 Å².